The van der Waals surface area contributed by atoms with E-state index in [1.807, 2.05) is 55.4 Å². The van der Waals surface area contributed by atoms with Gasteiger partial charge in [-0.1, -0.05) is 79.1 Å². The van der Waals surface area contributed by atoms with Crippen LogP contribution in [0.4, 0.5) is 0 Å². The van der Waals surface area contributed by atoms with Crippen molar-refractivity contribution >= 4 is 11.0 Å². The predicted octanol–water partition coefficient (Wildman–Crippen LogP) is -0.370. The van der Waals surface area contributed by atoms with Gasteiger partial charge in [0.15, 0.2) is 0 Å². The van der Waals surface area contributed by atoms with Crippen LogP contribution in [0.1, 0.15) is 55.4 Å². The number of hydrogen-bond donors (Lipinski definition) is 0. The van der Waals surface area contributed by atoms with Crippen molar-refractivity contribution in [3.05, 3.63) is 0 Å². The number of rotatable bonds is 4. The molecule has 0 radical (unpaired) electrons. The summed E-state index contributed by atoms with van der Waals surface area (Å²) in [6.07, 6.45) is 0. The van der Waals surface area contributed by atoms with Gasteiger partial charge in [0.2, 0.25) is 0 Å². The SMILES string of the molecule is CC(C)C[O-].CC(C)C[O-].CC(C)C[O-].CC(C)C[O-].[Si+4]. The molecule has 0 rings (SSSR count). The average Bonchev–Trinajstić information content (AvgIpc) is 2.40. The van der Waals surface area contributed by atoms with Gasteiger partial charge in [-0.3, -0.25) is 0 Å². The molecule has 128 valence electrons. The molecule has 0 bridgehead atoms. The molecule has 0 N–H and O–H groups in total. The van der Waals surface area contributed by atoms with E-state index in [1.165, 1.54) is 0 Å². The zero-order chi connectivity index (χ0) is 17.1. The van der Waals surface area contributed by atoms with Crippen molar-refractivity contribution in [1.29, 1.82) is 0 Å². The largest absolute Gasteiger partial charge is 4.00 e. The first-order valence-corrected chi connectivity index (χ1v) is 7.41. The zero-order valence-corrected chi connectivity index (χ0v) is 16.3. The number of hydrogen-bond acceptors (Lipinski definition) is 4. The summed E-state index contributed by atoms with van der Waals surface area (Å²) in [5.74, 6) is 1.31. The maximum absolute atomic E-state index is 9.63. The van der Waals surface area contributed by atoms with Crippen LogP contribution in [0.15, 0.2) is 0 Å². The third-order valence-corrected chi connectivity index (χ3v) is 1.33. The standard InChI is InChI=1S/4C4H9O.Si/c4*1-4(2)3-5;/h4*4H,3H2,1-2H3;/q4*-1;+4. The van der Waals surface area contributed by atoms with Gasteiger partial charge >= 0.3 is 11.0 Å². The third kappa shape index (κ3) is 101. The summed E-state index contributed by atoms with van der Waals surface area (Å²) in [6.45, 7) is 15.5. The summed E-state index contributed by atoms with van der Waals surface area (Å²) in [6, 6.07) is 0. The van der Waals surface area contributed by atoms with Crippen molar-refractivity contribution in [2.45, 2.75) is 55.4 Å². The Bertz CT molecular complexity index is 108. The van der Waals surface area contributed by atoms with E-state index in [2.05, 4.69) is 0 Å². The molecule has 0 aliphatic rings. The molecule has 0 aromatic carbocycles. The van der Waals surface area contributed by atoms with Gasteiger partial charge in [0.25, 0.3) is 0 Å². The molecule has 0 aromatic rings. The second-order valence-electron chi connectivity index (χ2n) is 6.24. The molecule has 0 atom stereocenters. The van der Waals surface area contributed by atoms with Crippen molar-refractivity contribution in [1.82, 2.24) is 0 Å². The van der Waals surface area contributed by atoms with E-state index in [0.717, 1.165) is 0 Å². The molecule has 0 aromatic heterocycles. The maximum Gasteiger partial charge on any atom is 4.00 e. The van der Waals surface area contributed by atoms with Crippen molar-refractivity contribution in [2.24, 2.45) is 23.7 Å². The Morgan fingerprint density at radius 3 is 0.476 bits per heavy atom. The monoisotopic (exact) mass is 320 g/mol. The van der Waals surface area contributed by atoms with Crippen LogP contribution in [-0.4, -0.2) is 37.4 Å². The van der Waals surface area contributed by atoms with E-state index < -0.39 is 0 Å². The van der Waals surface area contributed by atoms with Crippen LogP contribution in [0.25, 0.3) is 0 Å². The fraction of sp³-hybridized carbons (Fsp3) is 1.00. The first-order valence-electron chi connectivity index (χ1n) is 7.41. The maximum atomic E-state index is 9.63. The third-order valence-electron chi connectivity index (χ3n) is 1.33. The zero-order valence-electron chi connectivity index (χ0n) is 15.3. The molecule has 0 spiro atoms. The minimum atomic E-state index is 0. The Labute approximate surface area is 137 Å². The fourth-order valence-corrected chi connectivity index (χ4v) is 0. The van der Waals surface area contributed by atoms with E-state index >= 15 is 0 Å². The topological polar surface area (TPSA) is 92.2 Å². The van der Waals surface area contributed by atoms with E-state index in [4.69, 9.17) is 0 Å². The first kappa shape index (κ1) is 32.9. The van der Waals surface area contributed by atoms with Gasteiger partial charge in [-0.2, -0.15) is 0 Å². The van der Waals surface area contributed by atoms with Gasteiger partial charge < -0.3 is 20.4 Å². The van der Waals surface area contributed by atoms with Crippen LogP contribution in [0.2, 0.25) is 0 Å². The normalized spacial score (nSPS) is 9.14. The van der Waals surface area contributed by atoms with Crippen LogP contribution >= 0.6 is 0 Å². The molecule has 0 aliphatic heterocycles. The molecule has 5 heteroatoms. The van der Waals surface area contributed by atoms with Gasteiger partial charge in [0, 0.05) is 0 Å². The second kappa shape index (κ2) is 28.3. The Morgan fingerprint density at radius 2 is 0.476 bits per heavy atom. The summed E-state index contributed by atoms with van der Waals surface area (Å²) in [5, 5.41) is 38.5. The van der Waals surface area contributed by atoms with Gasteiger partial charge in [0.1, 0.15) is 0 Å². The fourth-order valence-electron chi connectivity index (χ4n) is 0. The minimum Gasteiger partial charge on any atom is -0.854 e. The van der Waals surface area contributed by atoms with Gasteiger partial charge in [-0.25, -0.2) is 0 Å². The van der Waals surface area contributed by atoms with Crippen LogP contribution in [0.3, 0.4) is 0 Å². The van der Waals surface area contributed by atoms with Crippen molar-refractivity contribution in [3.63, 3.8) is 0 Å². The average molecular weight is 321 g/mol. The summed E-state index contributed by atoms with van der Waals surface area (Å²) < 4.78 is 0. The summed E-state index contributed by atoms with van der Waals surface area (Å²) in [4.78, 5) is 0. The molecule has 0 heterocycles. The van der Waals surface area contributed by atoms with Gasteiger partial charge in [-0.05, 0) is 0 Å². The minimum absolute atomic E-state index is 0. The van der Waals surface area contributed by atoms with Crippen LogP contribution < -0.4 is 20.4 Å². The van der Waals surface area contributed by atoms with Crippen LogP contribution in [-0.2, 0) is 0 Å². The second-order valence-corrected chi connectivity index (χ2v) is 6.24. The van der Waals surface area contributed by atoms with Gasteiger partial charge in [0.05, 0.1) is 0 Å². The van der Waals surface area contributed by atoms with Gasteiger partial charge in [-0.15, -0.1) is 26.4 Å². The summed E-state index contributed by atoms with van der Waals surface area (Å²) in [5.41, 5.74) is 0. The molecule has 0 fully saturated rings. The van der Waals surface area contributed by atoms with E-state index in [0.29, 0.717) is 23.7 Å². The molecule has 0 saturated carbocycles. The molecule has 0 saturated heterocycles. The Kier molecular flexibility index (Phi) is 44.2. The smallest absolute Gasteiger partial charge is 0.854 e. The summed E-state index contributed by atoms with van der Waals surface area (Å²) in [7, 11) is 0. The van der Waals surface area contributed by atoms with E-state index in [9.17, 15) is 20.4 Å². The van der Waals surface area contributed by atoms with E-state index in [-0.39, 0.29) is 37.4 Å². The Morgan fingerprint density at radius 1 is 0.429 bits per heavy atom. The predicted molar refractivity (Wildman–Crippen MR) is 84.6 cm³/mol. The molecule has 21 heavy (non-hydrogen) atoms. The van der Waals surface area contributed by atoms with Crippen molar-refractivity contribution in [3.8, 4) is 0 Å². The molecule has 0 aliphatic carbocycles. The molecule has 4 nitrogen and oxygen atoms in total. The summed E-state index contributed by atoms with van der Waals surface area (Å²) >= 11 is 0. The van der Waals surface area contributed by atoms with Crippen molar-refractivity contribution < 1.29 is 20.4 Å². The molecular weight excluding hydrogens is 284 g/mol. The van der Waals surface area contributed by atoms with Crippen molar-refractivity contribution in [2.75, 3.05) is 26.4 Å². The molecule has 0 unspecified atom stereocenters. The first-order chi connectivity index (χ1) is 9.08. The van der Waals surface area contributed by atoms with Crippen LogP contribution in [0.5, 0.6) is 0 Å². The quantitative estimate of drug-likeness (QED) is 0.661. The van der Waals surface area contributed by atoms with E-state index in [1.54, 1.807) is 0 Å². The Balaban J connectivity index is -0.0000000533. The molecule has 0 amide bonds. The molecular formula is C16H36O4Si. The Hall–Kier alpha value is 0.0569. The van der Waals surface area contributed by atoms with Crippen LogP contribution in [0, 0.1) is 23.7 Å².